The van der Waals surface area contributed by atoms with Gasteiger partial charge in [-0.15, -0.1) is 0 Å². The Kier molecular flexibility index (Phi) is 5.60. The Morgan fingerprint density at radius 3 is 2.73 bits per heavy atom. The summed E-state index contributed by atoms with van der Waals surface area (Å²) in [6.45, 7) is 6.53. The molecule has 0 N–H and O–H groups in total. The molecule has 2 aliphatic rings. The lowest BCUT2D eigenvalue weighted by Gasteiger charge is -2.48. The molecule has 8 heteroatoms. The fourth-order valence-electron chi connectivity index (χ4n) is 4.37. The third-order valence-corrected chi connectivity index (χ3v) is 5.94. The zero-order valence-corrected chi connectivity index (χ0v) is 17.7. The summed E-state index contributed by atoms with van der Waals surface area (Å²) in [5.41, 5.74) is 1.64. The monoisotopic (exact) mass is 413 g/mol. The summed E-state index contributed by atoms with van der Waals surface area (Å²) in [6, 6.07) is 5.50. The van der Waals surface area contributed by atoms with Gasteiger partial charge in [0.1, 0.15) is 17.9 Å². The van der Waals surface area contributed by atoms with Crippen LogP contribution in [0.1, 0.15) is 25.8 Å². The molecular formula is C22H28FN5O2. The number of hydrogen-bond acceptors (Lipinski definition) is 4. The van der Waals surface area contributed by atoms with Gasteiger partial charge < -0.3 is 9.80 Å². The van der Waals surface area contributed by atoms with Gasteiger partial charge in [-0.3, -0.25) is 14.5 Å². The third kappa shape index (κ3) is 3.96. The van der Waals surface area contributed by atoms with Crippen LogP contribution < -0.4 is 0 Å². The Hall–Kier alpha value is -2.74. The van der Waals surface area contributed by atoms with Crippen molar-refractivity contribution in [2.24, 2.45) is 5.92 Å². The number of piperazine rings is 2. The van der Waals surface area contributed by atoms with Crippen molar-refractivity contribution in [3.05, 3.63) is 48.0 Å². The van der Waals surface area contributed by atoms with Gasteiger partial charge in [-0.25, -0.2) is 9.07 Å². The molecule has 0 radical (unpaired) electrons. The molecule has 1 aromatic carbocycles. The van der Waals surface area contributed by atoms with Crippen LogP contribution in [0.25, 0.3) is 5.69 Å². The Labute approximate surface area is 176 Å². The first-order valence-electron chi connectivity index (χ1n) is 10.4. The van der Waals surface area contributed by atoms with Gasteiger partial charge in [-0.05, 0) is 30.5 Å². The first kappa shape index (κ1) is 20.5. The number of carbonyl (C=O) groups is 2. The normalized spacial score (nSPS) is 22.7. The average molecular weight is 413 g/mol. The second-order valence-corrected chi connectivity index (χ2v) is 8.65. The smallest absolute Gasteiger partial charge is 0.247 e. The summed E-state index contributed by atoms with van der Waals surface area (Å²) in [7, 11) is 1.74. The molecule has 160 valence electrons. The number of halogens is 1. The maximum Gasteiger partial charge on any atom is 0.247 e. The van der Waals surface area contributed by atoms with Crippen LogP contribution in [0.4, 0.5) is 4.39 Å². The summed E-state index contributed by atoms with van der Waals surface area (Å²) in [5.74, 6) is 0.123. The van der Waals surface area contributed by atoms with Crippen molar-refractivity contribution in [1.29, 1.82) is 0 Å². The number of amides is 2. The average Bonchev–Trinajstić information content (AvgIpc) is 3.18. The van der Waals surface area contributed by atoms with E-state index in [1.807, 2.05) is 6.20 Å². The molecule has 0 bridgehead atoms. The van der Waals surface area contributed by atoms with Gasteiger partial charge in [0.2, 0.25) is 11.8 Å². The molecular weight excluding hydrogens is 385 g/mol. The zero-order chi connectivity index (χ0) is 21.4. The minimum absolute atomic E-state index is 0.0143. The molecule has 2 saturated heterocycles. The van der Waals surface area contributed by atoms with Gasteiger partial charge >= 0.3 is 0 Å². The van der Waals surface area contributed by atoms with Gasteiger partial charge in [0.15, 0.2) is 0 Å². The molecule has 2 atom stereocenters. The standard InChI is InChI=1S/C22H28FN5O2/c1-15(2)9-19-22(30)27-8-7-26(14-20(27)21(29)25(19)3)12-16-11-24-28(13-16)18-6-4-5-17(23)10-18/h4-6,10-11,13,15,19-20H,7-9,12,14H2,1-3H3/t19-,20+/m0/s1. The van der Waals surface area contributed by atoms with Crippen LogP contribution in [0.2, 0.25) is 0 Å². The van der Waals surface area contributed by atoms with E-state index in [2.05, 4.69) is 23.8 Å². The number of carbonyl (C=O) groups excluding carboxylic acids is 2. The van der Waals surface area contributed by atoms with Gasteiger partial charge in [-0.2, -0.15) is 5.10 Å². The van der Waals surface area contributed by atoms with Crippen LogP contribution >= 0.6 is 0 Å². The van der Waals surface area contributed by atoms with Crippen molar-refractivity contribution >= 4 is 11.8 Å². The molecule has 2 aromatic rings. The fourth-order valence-corrected chi connectivity index (χ4v) is 4.37. The minimum Gasteiger partial charge on any atom is -0.332 e. The van der Waals surface area contributed by atoms with Crippen molar-refractivity contribution in [2.45, 2.75) is 38.9 Å². The third-order valence-electron chi connectivity index (χ3n) is 5.94. The summed E-state index contributed by atoms with van der Waals surface area (Å²) >= 11 is 0. The molecule has 2 amide bonds. The highest BCUT2D eigenvalue weighted by Gasteiger charge is 2.46. The van der Waals surface area contributed by atoms with E-state index in [4.69, 9.17) is 0 Å². The second kappa shape index (κ2) is 8.18. The molecule has 4 rings (SSSR count). The van der Waals surface area contributed by atoms with Crippen LogP contribution in [0.3, 0.4) is 0 Å². The van der Waals surface area contributed by atoms with Crippen molar-refractivity contribution in [2.75, 3.05) is 26.7 Å². The number of rotatable bonds is 5. The number of hydrogen-bond donors (Lipinski definition) is 0. The van der Waals surface area contributed by atoms with Crippen LogP contribution in [0.15, 0.2) is 36.7 Å². The SMILES string of the molecule is CC(C)C[C@H]1C(=O)N2CCN(Cc3cnn(-c4cccc(F)c4)c3)C[C@@H]2C(=O)N1C. The van der Waals surface area contributed by atoms with E-state index in [0.717, 1.165) is 5.56 Å². The lowest BCUT2D eigenvalue weighted by atomic mass is 9.95. The van der Waals surface area contributed by atoms with Crippen LogP contribution in [0, 0.1) is 11.7 Å². The van der Waals surface area contributed by atoms with E-state index in [1.54, 1.807) is 39.9 Å². The highest BCUT2D eigenvalue weighted by Crippen LogP contribution is 2.25. The number of fused-ring (bicyclic) bond motifs is 1. The maximum absolute atomic E-state index is 13.5. The summed E-state index contributed by atoms with van der Waals surface area (Å²) in [4.78, 5) is 31.5. The number of aromatic nitrogens is 2. The van der Waals surface area contributed by atoms with Crippen molar-refractivity contribution in [3.63, 3.8) is 0 Å². The number of benzene rings is 1. The summed E-state index contributed by atoms with van der Waals surface area (Å²) < 4.78 is 15.1. The molecule has 3 heterocycles. The number of likely N-dealkylation sites (N-methyl/N-ethyl adjacent to an activating group) is 1. The van der Waals surface area contributed by atoms with E-state index >= 15 is 0 Å². The van der Waals surface area contributed by atoms with Gasteiger partial charge in [0, 0.05) is 45.0 Å². The van der Waals surface area contributed by atoms with E-state index < -0.39 is 6.04 Å². The largest absolute Gasteiger partial charge is 0.332 e. The Morgan fingerprint density at radius 2 is 2.00 bits per heavy atom. The first-order chi connectivity index (χ1) is 14.3. The van der Waals surface area contributed by atoms with Crippen molar-refractivity contribution in [1.82, 2.24) is 24.5 Å². The second-order valence-electron chi connectivity index (χ2n) is 8.65. The molecule has 0 spiro atoms. The summed E-state index contributed by atoms with van der Waals surface area (Å²) in [6.07, 6.45) is 4.32. The molecule has 0 aliphatic carbocycles. The fraction of sp³-hybridized carbons (Fsp3) is 0.500. The van der Waals surface area contributed by atoms with E-state index in [9.17, 15) is 14.0 Å². The van der Waals surface area contributed by atoms with E-state index in [-0.39, 0.29) is 23.7 Å². The summed E-state index contributed by atoms with van der Waals surface area (Å²) in [5, 5.41) is 4.33. The molecule has 2 aliphatic heterocycles. The Morgan fingerprint density at radius 1 is 1.20 bits per heavy atom. The van der Waals surface area contributed by atoms with Crippen LogP contribution in [0.5, 0.6) is 0 Å². The Bertz CT molecular complexity index is 943. The number of nitrogens with zero attached hydrogens (tertiary/aromatic N) is 5. The van der Waals surface area contributed by atoms with Gasteiger partial charge in [0.05, 0.1) is 11.9 Å². The van der Waals surface area contributed by atoms with Crippen LogP contribution in [-0.2, 0) is 16.1 Å². The topological polar surface area (TPSA) is 61.7 Å². The highest BCUT2D eigenvalue weighted by molar-refractivity contribution is 5.97. The molecule has 1 aromatic heterocycles. The lowest BCUT2D eigenvalue weighted by molar-refractivity contribution is -0.164. The Balaban J connectivity index is 1.44. The molecule has 30 heavy (non-hydrogen) atoms. The minimum atomic E-state index is -0.432. The molecule has 0 unspecified atom stereocenters. The first-order valence-corrected chi connectivity index (χ1v) is 10.4. The van der Waals surface area contributed by atoms with E-state index in [0.29, 0.717) is 44.2 Å². The van der Waals surface area contributed by atoms with Crippen LogP contribution in [-0.4, -0.2) is 75.1 Å². The van der Waals surface area contributed by atoms with Crippen molar-refractivity contribution < 1.29 is 14.0 Å². The zero-order valence-electron chi connectivity index (χ0n) is 17.7. The maximum atomic E-state index is 13.5. The molecule has 2 fully saturated rings. The highest BCUT2D eigenvalue weighted by atomic mass is 19.1. The molecule has 0 saturated carbocycles. The molecule has 7 nitrogen and oxygen atoms in total. The van der Waals surface area contributed by atoms with Crippen molar-refractivity contribution in [3.8, 4) is 5.69 Å². The lowest BCUT2D eigenvalue weighted by Crippen LogP contribution is -2.69. The predicted octanol–water partition coefficient (Wildman–Crippen LogP) is 1.91. The quantitative estimate of drug-likeness (QED) is 0.751. The van der Waals surface area contributed by atoms with Gasteiger partial charge in [-0.1, -0.05) is 19.9 Å². The van der Waals surface area contributed by atoms with Gasteiger partial charge in [0.25, 0.3) is 0 Å². The van der Waals surface area contributed by atoms with E-state index in [1.165, 1.54) is 12.1 Å². The predicted molar refractivity (Wildman–Crippen MR) is 110 cm³/mol.